The molecule has 0 unspecified atom stereocenters. The maximum absolute atomic E-state index is 11.7. The number of hydrogen-bond acceptors (Lipinski definition) is 5. The van der Waals surface area contributed by atoms with Gasteiger partial charge in [-0.3, -0.25) is 4.79 Å². The quantitative estimate of drug-likeness (QED) is 0.746. The summed E-state index contributed by atoms with van der Waals surface area (Å²) < 4.78 is 5.24. The Morgan fingerprint density at radius 1 is 1.55 bits per heavy atom. The number of nitrogens with zero attached hydrogens (tertiary/aromatic N) is 2. The Kier molecular flexibility index (Phi) is 7.16. The fraction of sp³-hybridized carbons (Fsp3) is 0.643. The van der Waals surface area contributed by atoms with Gasteiger partial charge in [0.15, 0.2) is 5.82 Å². The third kappa shape index (κ3) is 5.25. The van der Waals surface area contributed by atoms with Crippen LogP contribution in [0, 0.1) is 12.3 Å². The topological polar surface area (TPSA) is 68.0 Å². The number of terminal acetylenes is 1. The SMILES string of the molecule is C#CCNC(=O)[C@@H](C)S[C@@H](C)c1nc(CCCC)no1. The molecule has 1 aromatic rings. The lowest BCUT2D eigenvalue weighted by atomic mass is 10.2. The molecule has 1 aromatic heterocycles. The van der Waals surface area contributed by atoms with Crippen molar-refractivity contribution in [3.8, 4) is 12.3 Å². The summed E-state index contributed by atoms with van der Waals surface area (Å²) in [7, 11) is 0. The molecular weight excluding hydrogens is 274 g/mol. The molecule has 1 amide bonds. The summed E-state index contributed by atoms with van der Waals surface area (Å²) >= 11 is 1.47. The molecule has 1 N–H and O–H groups in total. The zero-order valence-corrected chi connectivity index (χ0v) is 13.0. The molecule has 0 aromatic carbocycles. The number of unbranched alkanes of at least 4 members (excludes halogenated alkanes) is 1. The lowest BCUT2D eigenvalue weighted by molar-refractivity contribution is -0.120. The molecule has 2 atom stereocenters. The van der Waals surface area contributed by atoms with Crippen LogP contribution in [0.5, 0.6) is 0 Å². The number of amides is 1. The van der Waals surface area contributed by atoms with Crippen molar-refractivity contribution in [2.75, 3.05) is 6.54 Å². The Bertz CT molecular complexity index is 467. The Morgan fingerprint density at radius 2 is 2.30 bits per heavy atom. The average Bonchev–Trinajstić information content (AvgIpc) is 2.91. The number of aromatic nitrogens is 2. The van der Waals surface area contributed by atoms with Crippen molar-refractivity contribution in [2.45, 2.75) is 50.5 Å². The first kappa shape index (κ1) is 16.6. The highest BCUT2D eigenvalue weighted by molar-refractivity contribution is 8.00. The van der Waals surface area contributed by atoms with Gasteiger partial charge >= 0.3 is 0 Å². The number of carbonyl (C=O) groups excluding carboxylic acids is 1. The summed E-state index contributed by atoms with van der Waals surface area (Å²) in [6, 6.07) is 0. The van der Waals surface area contributed by atoms with E-state index in [1.807, 2.05) is 13.8 Å². The van der Waals surface area contributed by atoms with E-state index in [9.17, 15) is 4.79 Å². The van der Waals surface area contributed by atoms with Gasteiger partial charge in [0.05, 0.1) is 17.0 Å². The molecule has 0 aliphatic heterocycles. The van der Waals surface area contributed by atoms with Crippen molar-refractivity contribution in [3.05, 3.63) is 11.7 Å². The van der Waals surface area contributed by atoms with E-state index in [1.54, 1.807) is 0 Å². The molecule has 0 fully saturated rings. The van der Waals surface area contributed by atoms with Gasteiger partial charge in [-0.05, 0) is 20.3 Å². The summed E-state index contributed by atoms with van der Waals surface area (Å²) in [6.07, 6.45) is 8.08. The zero-order valence-electron chi connectivity index (χ0n) is 12.2. The van der Waals surface area contributed by atoms with Crippen LogP contribution in [0.15, 0.2) is 4.52 Å². The second kappa shape index (κ2) is 8.64. The number of nitrogens with one attached hydrogen (secondary N) is 1. The summed E-state index contributed by atoms with van der Waals surface area (Å²) in [5, 5.41) is 6.37. The van der Waals surface area contributed by atoms with Crippen LogP contribution in [0.25, 0.3) is 0 Å². The van der Waals surface area contributed by atoms with Crippen molar-refractivity contribution >= 4 is 17.7 Å². The van der Waals surface area contributed by atoms with Crippen LogP contribution in [0.4, 0.5) is 0 Å². The van der Waals surface area contributed by atoms with Gasteiger partial charge < -0.3 is 9.84 Å². The van der Waals surface area contributed by atoms with Gasteiger partial charge in [0.1, 0.15) is 0 Å². The lowest BCUT2D eigenvalue weighted by Gasteiger charge is -2.13. The lowest BCUT2D eigenvalue weighted by Crippen LogP contribution is -2.31. The molecule has 0 spiro atoms. The largest absolute Gasteiger partial charge is 0.344 e. The molecule has 6 heteroatoms. The van der Waals surface area contributed by atoms with Gasteiger partial charge in [-0.15, -0.1) is 18.2 Å². The highest BCUT2D eigenvalue weighted by Gasteiger charge is 2.21. The molecule has 0 aliphatic rings. The molecular formula is C14H21N3O2S. The summed E-state index contributed by atoms with van der Waals surface area (Å²) in [4.78, 5) is 16.1. The molecule has 20 heavy (non-hydrogen) atoms. The van der Waals surface area contributed by atoms with Crippen molar-refractivity contribution < 1.29 is 9.32 Å². The van der Waals surface area contributed by atoms with E-state index in [2.05, 4.69) is 28.3 Å². The summed E-state index contributed by atoms with van der Waals surface area (Å²) in [5.41, 5.74) is 0. The standard InChI is InChI=1S/C14H21N3O2S/c1-5-7-8-12-16-14(19-17-12)11(4)20-10(3)13(18)15-9-6-2/h2,10-11H,5,7-9H2,1,3-4H3,(H,15,18)/t10-,11+/m1/s1. The maximum Gasteiger partial charge on any atom is 0.239 e. The Hall–Kier alpha value is -1.48. The van der Waals surface area contributed by atoms with E-state index in [4.69, 9.17) is 10.9 Å². The first-order valence-electron chi connectivity index (χ1n) is 6.77. The minimum Gasteiger partial charge on any atom is -0.344 e. The average molecular weight is 295 g/mol. The van der Waals surface area contributed by atoms with Crippen LogP contribution in [0.2, 0.25) is 0 Å². The molecule has 0 saturated carbocycles. The molecule has 0 bridgehead atoms. The van der Waals surface area contributed by atoms with Gasteiger partial charge in [0.25, 0.3) is 0 Å². The van der Waals surface area contributed by atoms with Crippen LogP contribution in [0.1, 0.15) is 50.6 Å². The number of hydrogen-bond donors (Lipinski definition) is 1. The van der Waals surface area contributed by atoms with E-state index in [0.29, 0.717) is 5.89 Å². The van der Waals surface area contributed by atoms with Gasteiger partial charge in [-0.2, -0.15) is 4.98 Å². The molecule has 0 saturated heterocycles. The minimum atomic E-state index is -0.218. The Morgan fingerprint density at radius 3 is 2.95 bits per heavy atom. The fourth-order valence-corrected chi connectivity index (χ4v) is 2.61. The second-order valence-electron chi connectivity index (χ2n) is 4.49. The predicted octanol–water partition coefficient (Wildman–Crippen LogP) is 2.34. The predicted molar refractivity (Wildman–Crippen MR) is 80.2 cm³/mol. The van der Waals surface area contributed by atoms with E-state index in [1.165, 1.54) is 11.8 Å². The van der Waals surface area contributed by atoms with E-state index in [-0.39, 0.29) is 23.0 Å². The number of aryl methyl sites for hydroxylation is 1. The molecule has 5 nitrogen and oxygen atoms in total. The van der Waals surface area contributed by atoms with Crippen molar-refractivity contribution in [3.63, 3.8) is 0 Å². The molecule has 1 heterocycles. The van der Waals surface area contributed by atoms with Gasteiger partial charge in [0.2, 0.25) is 11.8 Å². The third-order valence-electron chi connectivity index (χ3n) is 2.73. The minimum absolute atomic E-state index is 0.0236. The number of rotatable bonds is 8. The maximum atomic E-state index is 11.7. The first-order chi connectivity index (χ1) is 9.58. The van der Waals surface area contributed by atoms with Crippen LogP contribution in [0.3, 0.4) is 0 Å². The van der Waals surface area contributed by atoms with E-state index < -0.39 is 0 Å². The van der Waals surface area contributed by atoms with Crippen LogP contribution >= 0.6 is 11.8 Å². The fourth-order valence-electron chi connectivity index (χ4n) is 1.58. The second-order valence-corrected chi connectivity index (χ2v) is 6.18. The third-order valence-corrected chi connectivity index (χ3v) is 3.96. The van der Waals surface area contributed by atoms with Crippen LogP contribution in [-0.4, -0.2) is 27.8 Å². The van der Waals surface area contributed by atoms with Crippen LogP contribution < -0.4 is 5.32 Å². The molecule has 110 valence electrons. The molecule has 0 radical (unpaired) electrons. The van der Waals surface area contributed by atoms with E-state index >= 15 is 0 Å². The van der Waals surface area contributed by atoms with Crippen molar-refractivity contribution in [1.29, 1.82) is 0 Å². The molecule has 0 aliphatic carbocycles. The van der Waals surface area contributed by atoms with Gasteiger partial charge in [0, 0.05) is 6.42 Å². The van der Waals surface area contributed by atoms with Crippen LogP contribution in [-0.2, 0) is 11.2 Å². The normalized spacial score (nSPS) is 13.5. The highest BCUT2D eigenvalue weighted by Crippen LogP contribution is 2.30. The van der Waals surface area contributed by atoms with Crippen molar-refractivity contribution in [1.82, 2.24) is 15.5 Å². The Balaban J connectivity index is 2.49. The first-order valence-corrected chi connectivity index (χ1v) is 7.71. The van der Waals surface area contributed by atoms with E-state index in [0.717, 1.165) is 25.1 Å². The van der Waals surface area contributed by atoms with Gasteiger partial charge in [-0.1, -0.05) is 24.4 Å². The Labute approximate surface area is 124 Å². The summed E-state index contributed by atoms with van der Waals surface area (Å²) in [5.74, 6) is 3.60. The number of thioether (sulfide) groups is 1. The zero-order chi connectivity index (χ0) is 15.0. The monoisotopic (exact) mass is 295 g/mol. The summed E-state index contributed by atoms with van der Waals surface area (Å²) in [6.45, 7) is 6.16. The smallest absolute Gasteiger partial charge is 0.239 e. The highest BCUT2D eigenvalue weighted by atomic mass is 32.2. The van der Waals surface area contributed by atoms with Crippen molar-refractivity contribution in [2.24, 2.45) is 0 Å². The van der Waals surface area contributed by atoms with Gasteiger partial charge in [-0.25, -0.2) is 0 Å². The molecule has 1 rings (SSSR count). The number of carbonyl (C=O) groups is 1.